The van der Waals surface area contributed by atoms with Crippen molar-refractivity contribution in [3.63, 3.8) is 0 Å². The first-order valence-corrected chi connectivity index (χ1v) is 7.77. The quantitative estimate of drug-likeness (QED) is 0.697. The van der Waals surface area contributed by atoms with Crippen molar-refractivity contribution in [3.05, 3.63) is 66.0 Å². The van der Waals surface area contributed by atoms with Crippen molar-refractivity contribution in [1.29, 1.82) is 0 Å². The Kier molecular flexibility index (Phi) is 3.99. The monoisotopic (exact) mass is 300 g/mol. The van der Waals surface area contributed by atoms with Crippen LogP contribution in [0.25, 0.3) is 10.9 Å². The topological polar surface area (TPSA) is 41.8 Å². The van der Waals surface area contributed by atoms with E-state index in [0.717, 1.165) is 15.9 Å². The third kappa shape index (κ3) is 2.96. The largest absolute Gasteiger partial charge is 0.350 e. The number of halogens is 1. The number of aromatic nitrogens is 1. The van der Waals surface area contributed by atoms with E-state index in [4.69, 9.17) is 5.73 Å². The number of hydrogen-bond acceptors (Lipinski definition) is 2. The molecule has 0 spiro atoms. The second-order valence-electron chi connectivity index (χ2n) is 5.14. The Morgan fingerprint density at radius 1 is 1.10 bits per heavy atom. The zero-order valence-electron chi connectivity index (χ0n) is 11.7. The summed E-state index contributed by atoms with van der Waals surface area (Å²) >= 11 is 1.57. The lowest BCUT2D eigenvalue weighted by atomic mass is 10.1. The molecule has 3 N–H and O–H groups in total. The second-order valence-corrected chi connectivity index (χ2v) is 6.32. The van der Waals surface area contributed by atoms with Crippen LogP contribution in [0.3, 0.4) is 0 Å². The molecule has 3 rings (SSSR count). The van der Waals surface area contributed by atoms with Crippen LogP contribution in [-0.2, 0) is 0 Å². The molecule has 2 atom stereocenters. The summed E-state index contributed by atoms with van der Waals surface area (Å²) in [5.74, 6) is -0.205. The van der Waals surface area contributed by atoms with Crippen LogP contribution < -0.4 is 5.73 Å². The molecule has 2 nitrogen and oxygen atoms in total. The fourth-order valence-electron chi connectivity index (χ4n) is 2.41. The highest BCUT2D eigenvalue weighted by atomic mass is 32.2. The van der Waals surface area contributed by atoms with E-state index in [-0.39, 0.29) is 17.1 Å². The highest BCUT2D eigenvalue weighted by Crippen LogP contribution is 2.38. The van der Waals surface area contributed by atoms with Gasteiger partial charge in [0.15, 0.2) is 0 Å². The van der Waals surface area contributed by atoms with E-state index in [2.05, 4.69) is 17.1 Å². The predicted molar refractivity (Wildman–Crippen MR) is 86.9 cm³/mol. The van der Waals surface area contributed by atoms with Crippen LogP contribution in [0.5, 0.6) is 0 Å². The number of hydrogen-bond donors (Lipinski definition) is 2. The minimum atomic E-state index is -0.205. The Labute approximate surface area is 127 Å². The number of aromatic amines is 1. The summed E-state index contributed by atoms with van der Waals surface area (Å²) in [6.07, 6.45) is 0. The van der Waals surface area contributed by atoms with Crippen molar-refractivity contribution >= 4 is 22.7 Å². The third-order valence-corrected chi connectivity index (χ3v) is 4.86. The summed E-state index contributed by atoms with van der Waals surface area (Å²) in [6.45, 7) is 1.91. The molecule has 0 fully saturated rings. The van der Waals surface area contributed by atoms with Crippen molar-refractivity contribution in [1.82, 2.24) is 4.98 Å². The summed E-state index contributed by atoms with van der Waals surface area (Å²) in [5, 5.41) is 2.03. The number of nitrogens with one attached hydrogen (secondary N) is 1. The second kappa shape index (κ2) is 5.92. The molecule has 21 heavy (non-hydrogen) atoms. The molecule has 4 heteroatoms. The molecule has 2 aromatic carbocycles. The maximum Gasteiger partial charge on any atom is 0.127 e. The first-order chi connectivity index (χ1) is 10.1. The molecule has 0 bridgehead atoms. The van der Waals surface area contributed by atoms with Crippen molar-refractivity contribution in [2.24, 2.45) is 5.73 Å². The van der Waals surface area contributed by atoms with Gasteiger partial charge < -0.3 is 10.7 Å². The molecular formula is C17H17FN2S. The van der Waals surface area contributed by atoms with Gasteiger partial charge in [0.25, 0.3) is 0 Å². The van der Waals surface area contributed by atoms with Gasteiger partial charge in [-0.05, 0) is 25.1 Å². The van der Waals surface area contributed by atoms with Gasteiger partial charge in [0.1, 0.15) is 5.82 Å². The minimum Gasteiger partial charge on any atom is -0.350 e. The van der Waals surface area contributed by atoms with Crippen molar-refractivity contribution in [2.75, 3.05) is 0 Å². The molecule has 0 aliphatic rings. The summed E-state index contributed by atoms with van der Waals surface area (Å²) in [7, 11) is 0. The normalized spacial score (nSPS) is 14.2. The summed E-state index contributed by atoms with van der Waals surface area (Å²) in [6, 6.07) is 16.8. The molecule has 0 saturated heterocycles. The molecule has 0 aliphatic carbocycles. The van der Waals surface area contributed by atoms with Gasteiger partial charge >= 0.3 is 0 Å². The molecule has 108 valence electrons. The smallest absolute Gasteiger partial charge is 0.127 e. The Morgan fingerprint density at radius 3 is 2.52 bits per heavy atom. The van der Waals surface area contributed by atoms with Gasteiger partial charge in [-0.25, -0.2) is 4.39 Å². The summed E-state index contributed by atoms with van der Waals surface area (Å²) < 4.78 is 14.0. The van der Waals surface area contributed by atoms with Gasteiger partial charge in [-0.2, -0.15) is 0 Å². The van der Waals surface area contributed by atoms with Crippen LogP contribution in [0.15, 0.2) is 59.6 Å². The van der Waals surface area contributed by atoms with E-state index >= 15 is 0 Å². The Balaban J connectivity index is 1.94. The number of H-pyrrole nitrogens is 1. The van der Waals surface area contributed by atoms with Crippen LogP contribution in [0.1, 0.15) is 17.7 Å². The van der Waals surface area contributed by atoms with Gasteiger partial charge in [0, 0.05) is 22.5 Å². The fraction of sp³-hybridized carbons (Fsp3) is 0.176. The van der Waals surface area contributed by atoms with Gasteiger partial charge in [0.2, 0.25) is 0 Å². The molecular weight excluding hydrogens is 283 g/mol. The van der Waals surface area contributed by atoms with E-state index in [1.165, 1.54) is 6.07 Å². The molecule has 3 aromatic rings. The van der Waals surface area contributed by atoms with Gasteiger partial charge in [-0.15, -0.1) is 0 Å². The first-order valence-electron chi connectivity index (χ1n) is 6.89. The Hall–Kier alpha value is -1.78. The first kappa shape index (κ1) is 14.2. The SMILES string of the molecule is CC(N)C(Sc1cc2ccccc2[nH]1)c1ccccc1F. The lowest BCUT2D eigenvalue weighted by molar-refractivity contribution is 0.592. The van der Waals surface area contributed by atoms with Crippen LogP contribution in [0.2, 0.25) is 0 Å². The van der Waals surface area contributed by atoms with E-state index in [0.29, 0.717) is 5.56 Å². The van der Waals surface area contributed by atoms with Crippen LogP contribution in [0.4, 0.5) is 4.39 Å². The van der Waals surface area contributed by atoms with E-state index < -0.39 is 0 Å². The van der Waals surface area contributed by atoms with Crippen molar-refractivity contribution in [3.8, 4) is 0 Å². The molecule has 1 aromatic heterocycles. The number of benzene rings is 2. The molecule has 0 amide bonds. The lowest BCUT2D eigenvalue weighted by Crippen LogP contribution is -2.23. The zero-order chi connectivity index (χ0) is 14.8. The zero-order valence-corrected chi connectivity index (χ0v) is 12.5. The van der Waals surface area contributed by atoms with Gasteiger partial charge in [0.05, 0.1) is 10.3 Å². The average Bonchev–Trinajstić information content (AvgIpc) is 2.88. The average molecular weight is 300 g/mol. The molecule has 2 unspecified atom stereocenters. The molecule has 0 aliphatic heterocycles. The highest BCUT2D eigenvalue weighted by Gasteiger charge is 2.21. The number of para-hydroxylation sites is 1. The van der Waals surface area contributed by atoms with Crippen LogP contribution >= 0.6 is 11.8 Å². The molecule has 1 heterocycles. The standard InChI is InChI=1S/C17H17FN2S/c1-11(19)17(13-7-3-4-8-14(13)18)21-16-10-12-6-2-5-9-15(12)20-16/h2-11,17,20H,19H2,1H3. The van der Waals surface area contributed by atoms with Gasteiger partial charge in [-0.3, -0.25) is 0 Å². The predicted octanol–water partition coefficient (Wildman–Crippen LogP) is 4.49. The van der Waals surface area contributed by atoms with E-state index in [1.807, 2.05) is 31.2 Å². The number of rotatable bonds is 4. The van der Waals surface area contributed by atoms with E-state index in [1.54, 1.807) is 23.9 Å². The number of nitrogens with two attached hydrogens (primary N) is 1. The lowest BCUT2D eigenvalue weighted by Gasteiger charge is -2.20. The van der Waals surface area contributed by atoms with Crippen molar-refractivity contribution < 1.29 is 4.39 Å². The molecule has 0 radical (unpaired) electrons. The maximum absolute atomic E-state index is 14.0. The number of thioether (sulfide) groups is 1. The Bertz CT molecular complexity index is 718. The maximum atomic E-state index is 14.0. The summed E-state index contributed by atoms with van der Waals surface area (Å²) in [4.78, 5) is 3.36. The van der Waals surface area contributed by atoms with Gasteiger partial charge in [-0.1, -0.05) is 48.2 Å². The third-order valence-electron chi connectivity index (χ3n) is 3.45. The number of fused-ring (bicyclic) bond motifs is 1. The van der Waals surface area contributed by atoms with E-state index in [9.17, 15) is 4.39 Å². The molecule has 0 saturated carbocycles. The van der Waals surface area contributed by atoms with Crippen LogP contribution in [0, 0.1) is 5.82 Å². The van der Waals surface area contributed by atoms with Crippen molar-refractivity contribution in [2.45, 2.75) is 23.2 Å². The summed E-state index contributed by atoms with van der Waals surface area (Å²) in [5.41, 5.74) is 7.81. The highest BCUT2D eigenvalue weighted by molar-refractivity contribution is 7.99. The Morgan fingerprint density at radius 2 is 1.81 bits per heavy atom. The fourth-order valence-corrected chi connectivity index (χ4v) is 3.58. The van der Waals surface area contributed by atoms with Crippen LogP contribution in [-0.4, -0.2) is 11.0 Å². The minimum absolute atomic E-state index is 0.126.